The molecule has 1 aromatic heterocycles. The molecule has 1 N–H and O–H groups in total. The van der Waals surface area contributed by atoms with Crippen molar-refractivity contribution in [1.29, 1.82) is 0 Å². The van der Waals surface area contributed by atoms with Crippen LogP contribution >= 0.6 is 0 Å². The number of H-pyrrole nitrogens is 1. The maximum atomic E-state index is 11.7. The number of nitrogens with zero attached hydrogens (tertiary/aromatic N) is 4. The molecule has 8 nitrogen and oxygen atoms in total. The van der Waals surface area contributed by atoms with Gasteiger partial charge in [0.2, 0.25) is 5.91 Å². The number of piperazine rings is 1. The molecular weight excluding hydrogens is 370 g/mol. The summed E-state index contributed by atoms with van der Waals surface area (Å²) in [5.41, 5.74) is 3.11. The SMILES string of the molecule is CC(=O)N1CCN(c2ccc(/C=C/c3n[nH]c4ccccc34)cc2[N+](=O)[O-])CC1. The van der Waals surface area contributed by atoms with Gasteiger partial charge in [0.1, 0.15) is 5.69 Å². The van der Waals surface area contributed by atoms with Gasteiger partial charge >= 0.3 is 0 Å². The molecule has 8 heteroatoms. The number of rotatable bonds is 4. The lowest BCUT2D eigenvalue weighted by atomic mass is 10.1. The van der Waals surface area contributed by atoms with Crippen LogP contribution in [0.4, 0.5) is 11.4 Å². The fraction of sp³-hybridized carbons (Fsp3) is 0.238. The van der Waals surface area contributed by atoms with E-state index >= 15 is 0 Å². The van der Waals surface area contributed by atoms with Crippen LogP contribution in [0.5, 0.6) is 0 Å². The van der Waals surface area contributed by atoms with Crippen LogP contribution in [0.25, 0.3) is 23.1 Å². The van der Waals surface area contributed by atoms with E-state index in [9.17, 15) is 14.9 Å². The zero-order valence-corrected chi connectivity index (χ0v) is 16.0. The zero-order chi connectivity index (χ0) is 20.4. The number of hydrogen-bond acceptors (Lipinski definition) is 5. The number of fused-ring (bicyclic) bond motifs is 1. The van der Waals surface area contributed by atoms with Crippen molar-refractivity contribution in [2.45, 2.75) is 6.92 Å². The highest BCUT2D eigenvalue weighted by atomic mass is 16.6. The number of nitro groups is 1. The quantitative estimate of drug-likeness (QED) is 0.544. The molecular formula is C21H21N5O3. The third-order valence-electron chi connectivity index (χ3n) is 5.20. The average molecular weight is 391 g/mol. The lowest BCUT2D eigenvalue weighted by Crippen LogP contribution is -2.48. The Morgan fingerprint density at radius 3 is 2.62 bits per heavy atom. The Labute approximate surface area is 167 Å². The van der Waals surface area contributed by atoms with E-state index in [1.54, 1.807) is 24.0 Å². The van der Waals surface area contributed by atoms with Crippen molar-refractivity contribution in [3.05, 3.63) is 63.8 Å². The standard InChI is InChI=1S/C21H21N5O3/c1-15(27)24-10-12-25(13-11-24)20-9-7-16(14-21(20)26(28)29)6-8-19-17-4-2-3-5-18(17)22-23-19/h2-9,14H,10-13H2,1H3,(H,22,23)/b8-6+. The number of hydrogen-bond donors (Lipinski definition) is 1. The number of benzene rings is 2. The van der Waals surface area contributed by atoms with Gasteiger partial charge in [-0.1, -0.05) is 30.3 Å². The molecule has 4 rings (SSSR count). The Morgan fingerprint density at radius 1 is 1.14 bits per heavy atom. The van der Waals surface area contributed by atoms with Crippen LogP contribution in [0.3, 0.4) is 0 Å². The van der Waals surface area contributed by atoms with Crippen LogP contribution in [0, 0.1) is 10.1 Å². The monoisotopic (exact) mass is 391 g/mol. The van der Waals surface area contributed by atoms with E-state index in [0.29, 0.717) is 31.9 Å². The summed E-state index contributed by atoms with van der Waals surface area (Å²) in [6, 6.07) is 13.0. The van der Waals surface area contributed by atoms with Crippen LogP contribution in [-0.2, 0) is 4.79 Å². The second kappa shape index (κ2) is 7.75. The maximum Gasteiger partial charge on any atom is 0.293 e. The number of aromatic amines is 1. The van der Waals surface area contributed by atoms with E-state index in [2.05, 4.69) is 10.2 Å². The Hall–Kier alpha value is -3.68. The molecule has 0 radical (unpaired) electrons. The predicted molar refractivity (Wildman–Crippen MR) is 113 cm³/mol. The first-order valence-electron chi connectivity index (χ1n) is 9.43. The molecule has 1 fully saturated rings. The van der Waals surface area contributed by atoms with Crippen molar-refractivity contribution in [3.63, 3.8) is 0 Å². The first-order chi connectivity index (χ1) is 14.0. The van der Waals surface area contributed by atoms with Crippen molar-refractivity contribution in [2.75, 3.05) is 31.1 Å². The van der Waals surface area contributed by atoms with E-state index in [1.165, 1.54) is 0 Å². The van der Waals surface area contributed by atoms with Gasteiger partial charge in [-0.05, 0) is 23.8 Å². The van der Waals surface area contributed by atoms with Gasteiger partial charge in [0, 0.05) is 44.6 Å². The highest BCUT2D eigenvalue weighted by Gasteiger charge is 2.24. The van der Waals surface area contributed by atoms with Gasteiger partial charge in [0.25, 0.3) is 5.69 Å². The van der Waals surface area contributed by atoms with Gasteiger partial charge in [-0.3, -0.25) is 20.0 Å². The summed E-state index contributed by atoms with van der Waals surface area (Å²) in [5, 5.41) is 19.9. The van der Waals surface area contributed by atoms with Crippen LogP contribution in [0.15, 0.2) is 42.5 Å². The topological polar surface area (TPSA) is 95.4 Å². The van der Waals surface area contributed by atoms with E-state index in [0.717, 1.165) is 22.2 Å². The molecule has 2 aromatic carbocycles. The molecule has 0 atom stereocenters. The Bertz CT molecular complexity index is 1100. The lowest BCUT2D eigenvalue weighted by molar-refractivity contribution is -0.384. The van der Waals surface area contributed by atoms with E-state index in [-0.39, 0.29) is 16.5 Å². The van der Waals surface area contributed by atoms with Gasteiger partial charge in [-0.25, -0.2) is 0 Å². The van der Waals surface area contributed by atoms with Gasteiger partial charge in [0.15, 0.2) is 0 Å². The molecule has 29 heavy (non-hydrogen) atoms. The fourth-order valence-corrected chi connectivity index (χ4v) is 3.61. The number of carbonyl (C=O) groups excluding carboxylic acids is 1. The molecule has 0 unspecified atom stereocenters. The first kappa shape index (κ1) is 18.7. The molecule has 2 heterocycles. The van der Waals surface area contributed by atoms with Crippen LogP contribution in [0.1, 0.15) is 18.2 Å². The summed E-state index contributed by atoms with van der Waals surface area (Å²) in [5.74, 6) is 0.0329. The highest BCUT2D eigenvalue weighted by Crippen LogP contribution is 2.31. The van der Waals surface area contributed by atoms with E-state index in [4.69, 9.17) is 0 Å². The smallest absolute Gasteiger partial charge is 0.293 e. The van der Waals surface area contributed by atoms with Crippen molar-refractivity contribution >= 4 is 40.3 Å². The van der Waals surface area contributed by atoms with Crippen molar-refractivity contribution in [1.82, 2.24) is 15.1 Å². The van der Waals surface area contributed by atoms with Gasteiger partial charge in [-0.15, -0.1) is 0 Å². The molecule has 0 bridgehead atoms. The first-order valence-corrected chi connectivity index (χ1v) is 9.43. The molecule has 1 amide bonds. The number of nitro benzene ring substituents is 1. The molecule has 1 aliphatic rings. The minimum atomic E-state index is -0.353. The maximum absolute atomic E-state index is 11.7. The minimum absolute atomic E-state index is 0.0329. The molecule has 0 spiro atoms. The third kappa shape index (κ3) is 3.82. The van der Waals surface area contributed by atoms with Gasteiger partial charge < -0.3 is 9.80 Å². The number of nitrogens with one attached hydrogen (secondary N) is 1. The van der Waals surface area contributed by atoms with E-state index < -0.39 is 0 Å². The predicted octanol–water partition coefficient (Wildman–Crippen LogP) is 3.31. The Kier molecular flexibility index (Phi) is 4.99. The zero-order valence-electron chi connectivity index (χ0n) is 16.0. The summed E-state index contributed by atoms with van der Waals surface area (Å²) in [4.78, 5) is 26.5. The lowest BCUT2D eigenvalue weighted by Gasteiger charge is -2.35. The highest BCUT2D eigenvalue weighted by molar-refractivity contribution is 5.89. The summed E-state index contributed by atoms with van der Waals surface area (Å²) in [6.45, 7) is 3.84. The van der Waals surface area contributed by atoms with Crippen LogP contribution in [0.2, 0.25) is 0 Å². The number of anilines is 1. The summed E-state index contributed by atoms with van der Waals surface area (Å²) >= 11 is 0. The number of aromatic nitrogens is 2. The summed E-state index contributed by atoms with van der Waals surface area (Å²) in [7, 11) is 0. The summed E-state index contributed by atoms with van der Waals surface area (Å²) < 4.78 is 0. The molecule has 0 aliphatic carbocycles. The average Bonchev–Trinajstić information content (AvgIpc) is 3.15. The third-order valence-corrected chi connectivity index (χ3v) is 5.20. The van der Waals surface area contributed by atoms with E-state index in [1.807, 2.05) is 47.4 Å². The Balaban J connectivity index is 1.58. The van der Waals surface area contributed by atoms with Crippen molar-refractivity contribution < 1.29 is 9.72 Å². The number of carbonyl (C=O) groups is 1. The Morgan fingerprint density at radius 2 is 1.90 bits per heavy atom. The second-order valence-electron chi connectivity index (χ2n) is 6.99. The van der Waals surface area contributed by atoms with Crippen LogP contribution in [-0.4, -0.2) is 52.1 Å². The van der Waals surface area contributed by atoms with Crippen molar-refractivity contribution in [2.24, 2.45) is 0 Å². The number of amides is 1. The normalized spacial score (nSPS) is 14.7. The number of para-hydroxylation sites is 1. The fourth-order valence-electron chi connectivity index (χ4n) is 3.61. The molecule has 0 saturated carbocycles. The van der Waals surface area contributed by atoms with Crippen LogP contribution < -0.4 is 4.90 Å². The van der Waals surface area contributed by atoms with Crippen molar-refractivity contribution in [3.8, 4) is 0 Å². The van der Waals surface area contributed by atoms with Gasteiger partial charge in [-0.2, -0.15) is 5.10 Å². The van der Waals surface area contributed by atoms with Gasteiger partial charge in [0.05, 0.1) is 16.1 Å². The molecule has 3 aromatic rings. The molecule has 1 saturated heterocycles. The minimum Gasteiger partial charge on any atom is -0.362 e. The molecule has 148 valence electrons. The summed E-state index contributed by atoms with van der Waals surface area (Å²) in [6.07, 6.45) is 3.68. The largest absolute Gasteiger partial charge is 0.362 e. The second-order valence-corrected chi connectivity index (χ2v) is 6.99. The molecule has 1 aliphatic heterocycles.